The van der Waals surface area contributed by atoms with Crippen LogP contribution >= 0.6 is 45.8 Å². The molecule has 0 bridgehead atoms. The number of benzene rings is 3. The van der Waals surface area contributed by atoms with Gasteiger partial charge in [0.25, 0.3) is 5.69 Å². The average molecular weight is 625 g/mol. The number of ether oxygens (including phenoxy) is 3. The van der Waals surface area contributed by atoms with E-state index in [4.69, 9.17) is 37.4 Å². The molecule has 3 aromatic rings. The summed E-state index contributed by atoms with van der Waals surface area (Å²) in [5.74, 6) is 0.353. The van der Waals surface area contributed by atoms with Crippen LogP contribution in [0.25, 0.3) is 6.08 Å². The van der Waals surface area contributed by atoms with Crippen molar-refractivity contribution in [2.24, 2.45) is 4.99 Å². The molecule has 0 atom stereocenters. The smallest absolute Gasteiger partial charge is 0.363 e. The Morgan fingerprint density at radius 1 is 1.17 bits per heavy atom. The highest BCUT2D eigenvalue weighted by atomic mass is 127. The van der Waals surface area contributed by atoms with Crippen molar-refractivity contribution in [1.82, 2.24) is 0 Å². The quantitative estimate of drug-likeness (QED) is 0.0986. The van der Waals surface area contributed by atoms with Crippen LogP contribution in [0.4, 0.5) is 5.69 Å². The molecule has 0 saturated carbocycles. The molecule has 8 nitrogen and oxygen atoms in total. The van der Waals surface area contributed by atoms with Crippen LogP contribution in [0.5, 0.6) is 11.5 Å². The summed E-state index contributed by atoms with van der Waals surface area (Å²) in [5.41, 5.74) is 1.80. The minimum Gasteiger partial charge on any atom is -0.493 e. The Bertz CT molecular complexity index is 1410. The van der Waals surface area contributed by atoms with E-state index in [0.717, 1.165) is 0 Å². The van der Waals surface area contributed by atoms with Gasteiger partial charge in [-0.25, -0.2) is 9.79 Å². The molecule has 11 heteroatoms. The Morgan fingerprint density at radius 3 is 2.69 bits per heavy atom. The van der Waals surface area contributed by atoms with E-state index in [9.17, 15) is 14.9 Å². The fourth-order valence-corrected chi connectivity index (χ4v) is 4.49. The number of nitro benzene ring substituents is 1. The third-order valence-corrected chi connectivity index (χ3v) is 6.19. The molecule has 0 aromatic heterocycles. The lowest BCUT2D eigenvalue weighted by atomic mass is 10.1. The van der Waals surface area contributed by atoms with E-state index in [1.165, 1.54) is 25.3 Å². The molecule has 1 heterocycles. The summed E-state index contributed by atoms with van der Waals surface area (Å²) in [4.78, 5) is 27.2. The lowest BCUT2D eigenvalue weighted by molar-refractivity contribution is -0.384. The summed E-state index contributed by atoms with van der Waals surface area (Å²) < 4.78 is 17.4. The first-order chi connectivity index (χ1) is 16.7. The highest BCUT2D eigenvalue weighted by molar-refractivity contribution is 14.1. The predicted octanol–water partition coefficient (Wildman–Crippen LogP) is 6.44. The number of carbonyl (C=O) groups is 1. The van der Waals surface area contributed by atoms with E-state index in [1.807, 2.05) is 0 Å². The second kappa shape index (κ2) is 10.6. The highest BCUT2D eigenvalue weighted by Gasteiger charge is 2.26. The zero-order valence-electron chi connectivity index (χ0n) is 18.0. The van der Waals surface area contributed by atoms with E-state index < -0.39 is 10.9 Å². The summed E-state index contributed by atoms with van der Waals surface area (Å²) in [6.45, 7) is 0.107. The SMILES string of the molecule is COc1cc(/C=C2\N=C(c3ccc(Cl)cc3Cl)OC2=O)cc(I)c1OCc1cccc([N+](=O)[O-])c1. The zero-order valence-corrected chi connectivity index (χ0v) is 21.6. The van der Waals surface area contributed by atoms with Crippen LogP contribution < -0.4 is 9.47 Å². The van der Waals surface area contributed by atoms with Crippen molar-refractivity contribution in [3.8, 4) is 11.5 Å². The molecular weight excluding hydrogens is 610 g/mol. The number of cyclic esters (lactones) is 1. The van der Waals surface area contributed by atoms with Gasteiger partial charge in [-0.1, -0.05) is 35.3 Å². The van der Waals surface area contributed by atoms with Crippen LogP contribution in [0, 0.1) is 13.7 Å². The van der Waals surface area contributed by atoms with Gasteiger partial charge in [0.1, 0.15) is 6.61 Å². The molecule has 0 radical (unpaired) electrons. The number of carbonyl (C=O) groups excluding carboxylic acids is 1. The number of nitrogens with zero attached hydrogens (tertiary/aromatic N) is 2. The molecule has 0 saturated heterocycles. The van der Waals surface area contributed by atoms with Crippen molar-refractivity contribution in [3.05, 3.63) is 101 Å². The number of aliphatic imine (C=N–C) groups is 1. The summed E-state index contributed by atoms with van der Waals surface area (Å²) in [7, 11) is 1.49. The van der Waals surface area contributed by atoms with Gasteiger partial charge in [-0.05, 0) is 70.1 Å². The van der Waals surface area contributed by atoms with Gasteiger partial charge in [0.2, 0.25) is 5.90 Å². The molecule has 0 unspecified atom stereocenters. The Morgan fingerprint density at radius 2 is 1.97 bits per heavy atom. The van der Waals surface area contributed by atoms with Crippen LogP contribution in [0.15, 0.2) is 65.3 Å². The number of rotatable bonds is 7. The zero-order chi connectivity index (χ0) is 25.1. The van der Waals surface area contributed by atoms with E-state index in [1.54, 1.807) is 42.5 Å². The number of non-ortho nitro benzene ring substituents is 1. The summed E-state index contributed by atoms with van der Waals surface area (Å²) >= 11 is 14.2. The summed E-state index contributed by atoms with van der Waals surface area (Å²) in [6, 6.07) is 14.5. The van der Waals surface area contributed by atoms with Gasteiger partial charge in [-0.15, -0.1) is 0 Å². The molecule has 0 N–H and O–H groups in total. The molecule has 0 aliphatic carbocycles. The number of hydrogen-bond donors (Lipinski definition) is 0. The van der Waals surface area contributed by atoms with Gasteiger partial charge in [-0.2, -0.15) is 0 Å². The highest BCUT2D eigenvalue weighted by Crippen LogP contribution is 2.36. The molecule has 3 aromatic carbocycles. The summed E-state index contributed by atoms with van der Waals surface area (Å²) in [5, 5.41) is 11.8. The first-order valence-electron chi connectivity index (χ1n) is 9.97. The Hall–Kier alpha value is -3.15. The lowest BCUT2D eigenvalue weighted by Crippen LogP contribution is -2.06. The number of esters is 1. The fraction of sp³-hybridized carbons (Fsp3) is 0.0833. The third-order valence-electron chi connectivity index (χ3n) is 4.84. The molecule has 0 fully saturated rings. The third kappa shape index (κ3) is 5.75. The number of halogens is 3. The van der Waals surface area contributed by atoms with E-state index >= 15 is 0 Å². The first-order valence-corrected chi connectivity index (χ1v) is 11.8. The topological polar surface area (TPSA) is 100 Å². The van der Waals surface area contributed by atoms with Gasteiger partial charge in [0, 0.05) is 17.2 Å². The maximum Gasteiger partial charge on any atom is 0.363 e. The van der Waals surface area contributed by atoms with Crippen LogP contribution in [-0.4, -0.2) is 23.9 Å². The Kier molecular flexibility index (Phi) is 7.58. The molecule has 35 heavy (non-hydrogen) atoms. The normalized spacial score (nSPS) is 14.0. The van der Waals surface area contributed by atoms with Gasteiger partial charge in [-0.3, -0.25) is 10.1 Å². The minimum atomic E-state index is -0.619. The molecule has 1 aliphatic rings. The van der Waals surface area contributed by atoms with E-state index in [-0.39, 0.29) is 23.9 Å². The number of nitro groups is 1. The van der Waals surface area contributed by atoms with Crippen molar-refractivity contribution in [1.29, 1.82) is 0 Å². The number of hydrogen-bond acceptors (Lipinski definition) is 7. The Labute approximate surface area is 223 Å². The summed E-state index contributed by atoms with van der Waals surface area (Å²) in [6.07, 6.45) is 1.56. The van der Waals surface area contributed by atoms with Gasteiger partial charge in [0.05, 0.1) is 26.2 Å². The molecule has 1 aliphatic heterocycles. The standard InChI is InChI=1S/C24H15Cl2IN2O6/c1-33-21-10-14(8-19(27)22(21)34-12-13-3-2-4-16(7-13)29(31)32)9-20-24(30)35-23(28-20)17-6-5-15(25)11-18(17)26/h2-11H,12H2,1H3/b20-9-. The number of methoxy groups -OCH3 is 1. The maximum atomic E-state index is 12.4. The second-order valence-corrected chi connectivity index (χ2v) is 9.22. The fourth-order valence-electron chi connectivity index (χ4n) is 3.22. The predicted molar refractivity (Wildman–Crippen MR) is 140 cm³/mol. The molecule has 0 amide bonds. The van der Waals surface area contributed by atoms with E-state index in [2.05, 4.69) is 27.6 Å². The Balaban J connectivity index is 1.59. The minimum absolute atomic E-state index is 0.0157. The van der Waals surface area contributed by atoms with Crippen LogP contribution in [0.2, 0.25) is 10.0 Å². The van der Waals surface area contributed by atoms with Gasteiger partial charge < -0.3 is 14.2 Å². The van der Waals surface area contributed by atoms with Gasteiger partial charge in [0.15, 0.2) is 17.2 Å². The lowest BCUT2D eigenvalue weighted by Gasteiger charge is -2.13. The van der Waals surface area contributed by atoms with Crippen LogP contribution in [0.1, 0.15) is 16.7 Å². The monoisotopic (exact) mass is 624 g/mol. The maximum absolute atomic E-state index is 12.4. The molecule has 0 spiro atoms. The average Bonchev–Trinajstić information content (AvgIpc) is 3.17. The van der Waals surface area contributed by atoms with Crippen LogP contribution in [0.3, 0.4) is 0 Å². The van der Waals surface area contributed by atoms with E-state index in [0.29, 0.717) is 41.8 Å². The van der Waals surface area contributed by atoms with Crippen LogP contribution in [-0.2, 0) is 16.1 Å². The molecule has 4 rings (SSSR count). The largest absolute Gasteiger partial charge is 0.493 e. The van der Waals surface area contributed by atoms with Crippen molar-refractivity contribution < 1.29 is 23.9 Å². The van der Waals surface area contributed by atoms with Gasteiger partial charge >= 0.3 is 5.97 Å². The van der Waals surface area contributed by atoms with Crippen molar-refractivity contribution in [3.63, 3.8) is 0 Å². The second-order valence-electron chi connectivity index (χ2n) is 7.21. The van der Waals surface area contributed by atoms with Crippen molar-refractivity contribution in [2.75, 3.05) is 7.11 Å². The van der Waals surface area contributed by atoms with Crippen molar-refractivity contribution in [2.45, 2.75) is 6.61 Å². The molecule has 178 valence electrons. The molecular formula is C24H15Cl2IN2O6. The van der Waals surface area contributed by atoms with Crippen molar-refractivity contribution >= 4 is 69.4 Å². The first kappa shape index (κ1) is 25.0.